The van der Waals surface area contributed by atoms with Crippen LogP contribution in [0.1, 0.15) is 48.3 Å². The van der Waals surface area contributed by atoms with Gasteiger partial charge in [0.15, 0.2) is 5.78 Å². The van der Waals surface area contributed by atoms with Gasteiger partial charge in [-0.25, -0.2) is 9.37 Å². The predicted molar refractivity (Wildman–Crippen MR) is 142 cm³/mol. The number of fused-ring (bicyclic) bond motifs is 2. The second-order valence-corrected chi connectivity index (χ2v) is 10.4. The molecule has 1 amide bonds. The van der Waals surface area contributed by atoms with Gasteiger partial charge in [0.1, 0.15) is 34.9 Å². The number of carbonyl (C=O) groups excluding carboxylic acids is 2. The second-order valence-electron chi connectivity index (χ2n) is 9.98. The summed E-state index contributed by atoms with van der Waals surface area (Å²) in [4.78, 5) is 34.3. The number of pyridine rings is 2. The van der Waals surface area contributed by atoms with E-state index in [0.29, 0.717) is 38.7 Å². The standard InChI is InChI=1S/C29H25ClFN3O4/c1-28(27(32)36)15-38-26-21(28)13-24(34-25(26)16-3-6-20(31)7-4-16)29(2,37)10-9-23(35)17-5-8-22-18(11-17)12-19(30)14-33-22/h3-8,11-14,37H,9-10,15H2,1-2H3,(H2,32,36)/t28-,29-/m0/s1. The number of aliphatic hydroxyl groups is 1. The highest BCUT2D eigenvalue weighted by atomic mass is 35.5. The van der Waals surface area contributed by atoms with Crippen molar-refractivity contribution in [3.8, 4) is 17.0 Å². The molecule has 3 heterocycles. The molecule has 5 rings (SSSR count). The van der Waals surface area contributed by atoms with Crippen LogP contribution in [-0.2, 0) is 15.8 Å². The zero-order valence-electron chi connectivity index (χ0n) is 20.8. The van der Waals surface area contributed by atoms with Gasteiger partial charge in [-0.2, -0.15) is 0 Å². The van der Waals surface area contributed by atoms with E-state index in [-0.39, 0.29) is 30.9 Å². The molecular weight excluding hydrogens is 509 g/mol. The molecular formula is C29H25ClFN3O4. The fraction of sp³-hybridized carbons (Fsp3) is 0.241. The number of hydrogen-bond donors (Lipinski definition) is 2. The molecule has 0 aliphatic carbocycles. The zero-order valence-corrected chi connectivity index (χ0v) is 21.6. The molecule has 1 aliphatic rings. The molecule has 9 heteroatoms. The van der Waals surface area contributed by atoms with E-state index in [9.17, 15) is 19.1 Å². The Morgan fingerprint density at radius 1 is 1.18 bits per heavy atom. The summed E-state index contributed by atoms with van der Waals surface area (Å²) in [7, 11) is 0. The Bertz CT molecular complexity index is 1590. The predicted octanol–water partition coefficient (Wildman–Crippen LogP) is 5.10. The first-order chi connectivity index (χ1) is 18.0. The normalized spacial score (nSPS) is 18.0. The number of carbonyl (C=O) groups is 2. The van der Waals surface area contributed by atoms with Crippen molar-refractivity contribution < 1.29 is 23.8 Å². The number of primary amides is 1. The van der Waals surface area contributed by atoms with E-state index < -0.39 is 22.7 Å². The molecule has 0 saturated heterocycles. The highest BCUT2D eigenvalue weighted by molar-refractivity contribution is 6.31. The van der Waals surface area contributed by atoms with E-state index >= 15 is 0 Å². The highest BCUT2D eigenvalue weighted by Crippen LogP contribution is 2.46. The van der Waals surface area contributed by atoms with Crippen molar-refractivity contribution in [1.82, 2.24) is 9.97 Å². The third kappa shape index (κ3) is 4.61. The summed E-state index contributed by atoms with van der Waals surface area (Å²) in [6, 6.07) is 14.2. The quantitative estimate of drug-likeness (QED) is 0.319. The fourth-order valence-electron chi connectivity index (χ4n) is 4.57. The van der Waals surface area contributed by atoms with Crippen molar-refractivity contribution in [2.45, 2.75) is 37.7 Å². The SMILES string of the molecule is C[C@](O)(CCC(=O)c1ccc2ncc(Cl)cc2c1)c1cc2c(c(-c3ccc(F)cc3)n1)OC[C@]2(C)C(N)=O. The first-order valence-corrected chi connectivity index (χ1v) is 12.4. The molecule has 0 fully saturated rings. The van der Waals surface area contributed by atoms with Gasteiger partial charge in [-0.15, -0.1) is 0 Å². The molecule has 0 spiro atoms. The average molecular weight is 534 g/mol. The van der Waals surface area contributed by atoms with Crippen LogP contribution in [0.25, 0.3) is 22.2 Å². The first-order valence-electron chi connectivity index (χ1n) is 12.0. The number of benzene rings is 2. The van der Waals surface area contributed by atoms with Crippen molar-refractivity contribution in [1.29, 1.82) is 0 Å². The molecule has 0 bridgehead atoms. The van der Waals surface area contributed by atoms with Crippen LogP contribution in [0.15, 0.2) is 60.8 Å². The minimum Gasteiger partial charge on any atom is -0.489 e. The van der Waals surface area contributed by atoms with Crippen LogP contribution in [0.3, 0.4) is 0 Å². The van der Waals surface area contributed by atoms with Crippen molar-refractivity contribution in [2.24, 2.45) is 5.73 Å². The lowest BCUT2D eigenvalue weighted by Crippen LogP contribution is -2.40. The molecule has 4 aromatic rings. The minimum absolute atomic E-state index is 0.0124. The summed E-state index contributed by atoms with van der Waals surface area (Å²) >= 11 is 6.04. The van der Waals surface area contributed by atoms with Crippen LogP contribution in [0.2, 0.25) is 5.02 Å². The Balaban J connectivity index is 1.48. The molecule has 7 nitrogen and oxygen atoms in total. The highest BCUT2D eigenvalue weighted by Gasteiger charge is 2.45. The number of hydrogen-bond acceptors (Lipinski definition) is 6. The lowest BCUT2D eigenvalue weighted by atomic mass is 9.81. The van der Waals surface area contributed by atoms with Crippen LogP contribution < -0.4 is 10.5 Å². The summed E-state index contributed by atoms with van der Waals surface area (Å²) in [5.41, 5.74) is 5.86. The van der Waals surface area contributed by atoms with Gasteiger partial charge in [-0.05, 0) is 74.9 Å². The van der Waals surface area contributed by atoms with Crippen LogP contribution in [-0.4, -0.2) is 33.4 Å². The van der Waals surface area contributed by atoms with Gasteiger partial charge >= 0.3 is 0 Å². The maximum absolute atomic E-state index is 13.6. The number of nitrogens with zero attached hydrogens (tertiary/aromatic N) is 2. The minimum atomic E-state index is -1.54. The van der Waals surface area contributed by atoms with E-state index in [1.54, 1.807) is 62.5 Å². The maximum atomic E-state index is 13.6. The molecule has 38 heavy (non-hydrogen) atoms. The number of aromatic nitrogens is 2. The third-order valence-electron chi connectivity index (χ3n) is 7.09. The maximum Gasteiger partial charge on any atom is 0.231 e. The number of amides is 1. The van der Waals surface area contributed by atoms with E-state index in [0.717, 1.165) is 5.39 Å². The van der Waals surface area contributed by atoms with Gasteiger partial charge in [-0.3, -0.25) is 14.6 Å². The third-order valence-corrected chi connectivity index (χ3v) is 7.30. The van der Waals surface area contributed by atoms with E-state index in [4.69, 9.17) is 22.1 Å². The monoisotopic (exact) mass is 533 g/mol. The Morgan fingerprint density at radius 3 is 2.63 bits per heavy atom. The molecule has 194 valence electrons. The zero-order chi connectivity index (χ0) is 27.2. The summed E-state index contributed by atoms with van der Waals surface area (Å²) in [5.74, 6) is -0.810. The van der Waals surface area contributed by atoms with Crippen LogP contribution in [0.5, 0.6) is 5.75 Å². The molecule has 0 unspecified atom stereocenters. The molecule has 2 aromatic carbocycles. The Hall–Kier alpha value is -3.88. The second kappa shape index (κ2) is 9.45. The van der Waals surface area contributed by atoms with Crippen molar-refractivity contribution in [3.63, 3.8) is 0 Å². The topological polar surface area (TPSA) is 115 Å². The van der Waals surface area contributed by atoms with Crippen molar-refractivity contribution in [3.05, 3.63) is 88.5 Å². The largest absolute Gasteiger partial charge is 0.489 e. The summed E-state index contributed by atoms with van der Waals surface area (Å²) in [6.45, 7) is 3.24. The van der Waals surface area contributed by atoms with E-state index in [1.807, 2.05) is 0 Å². The number of rotatable bonds is 7. The van der Waals surface area contributed by atoms with Gasteiger partial charge < -0.3 is 15.6 Å². The number of Topliss-reactive ketones (excluding diaryl/α,β-unsaturated/α-hetero) is 1. The fourth-order valence-corrected chi connectivity index (χ4v) is 4.74. The van der Waals surface area contributed by atoms with Crippen LogP contribution >= 0.6 is 11.6 Å². The van der Waals surface area contributed by atoms with Gasteiger partial charge in [0, 0.05) is 34.7 Å². The Kier molecular flexibility index (Phi) is 6.41. The van der Waals surface area contributed by atoms with Crippen LogP contribution in [0.4, 0.5) is 4.39 Å². The molecule has 1 aliphatic heterocycles. The molecule has 2 aromatic heterocycles. The van der Waals surface area contributed by atoms with Gasteiger partial charge in [0.05, 0.1) is 16.2 Å². The molecule has 0 saturated carbocycles. The number of ether oxygens (including phenoxy) is 1. The first kappa shape index (κ1) is 25.8. The molecule has 3 N–H and O–H groups in total. The summed E-state index contributed by atoms with van der Waals surface area (Å²) < 4.78 is 19.5. The summed E-state index contributed by atoms with van der Waals surface area (Å²) in [6.07, 6.45) is 1.63. The van der Waals surface area contributed by atoms with Gasteiger partial charge in [0.2, 0.25) is 5.91 Å². The Morgan fingerprint density at radius 2 is 1.92 bits per heavy atom. The lowest BCUT2D eigenvalue weighted by molar-refractivity contribution is -0.123. The van der Waals surface area contributed by atoms with Gasteiger partial charge in [0.25, 0.3) is 0 Å². The van der Waals surface area contributed by atoms with Crippen molar-refractivity contribution >= 4 is 34.2 Å². The number of nitrogens with two attached hydrogens (primary N) is 1. The van der Waals surface area contributed by atoms with E-state index in [2.05, 4.69) is 9.97 Å². The lowest BCUT2D eigenvalue weighted by Gasteiger charge is -2.26. The van der Waals surface area contributed by atoms with E-state index in [1.165, 1.54) is 12.1 Å². The smallest absolute Gasteiger partial charge is 0.231 e. The average Bonchev–Trinajstić information content (AvgIpc) is 3.25. The number of halogens is 2. The molecule has 0 radical (unpaired) electrons. The Labute approximate surface area is 223 Å². The van der Waals surface area contributed by atoms with Crippen LogP contribution in [0, 0.1) is 5.82 Å². The molecule has 2 atom stereocenters. The number of ketones is 1. The van der Waals surface area contributed by atoms with Gasteiger partial charge in [-0.1, -0.05) is 11.6 Å². The van der Waals surface area contributed by atoms with Crippen molar-refractivity contribution in [2.75, 3.05) is 6.61 Å². The summed E-state index contributed by atoms with van der Waals surface area (Å²) in [5, 5.41) is 12.7.